The quantitative estimate of drug-likeness (QED) is 0.574. The summed E-state index contributed by atoms with van der Waals surface area (Å²) in [5.41, 5.74) is 2.23. The molecule has 0 aliphatic heterocycles. The number of nitro benzene ring substituents is 1. The maximum Gasteiger partial charge on any atom is 0.296 e. The van der Waals surface area contributed by atoms with Crippen LogP contribution in [0.5, 0.6) is 5.75 Å². The summed E-state index contributed by atoms with van der Waals surface area (Å²) in [5.74, 6) is 0.164. The van der Waals surface area contributed by atoms with Gasteiger partial charge in [0, 0.05) is 6.42 Å². The SMILES string of the molecule is CCCOc1ccc(NC(=O)CCc2ccc(C)cc2)c([N+](=O)[O-])c1. The third-order valence-electron chi connectivity index (χ3n) is 3.67. The highest BCUT2D eigenvalue weighted by atomic mass is 16.6. The van der Waals surface area contributed by atoms with Crippen molar-refractivity contribution in [1.82, 2.24) is 0 Å². The Morgan fingerprint density at radius 3 is 2.56 bits per heavy atom. The van der Waals surface area contributed by atoms with Crippen LogP contribution in [0.2, 0.25) is 0 Å². The molecule has 0 bridgehead atoms. The van der Waals surface area contributed by atoms with E-state index in [1.165, 1.54) is 12.1 Å². The van der Waals surface area contributed by atoms with Crippen molar-refractivity contribution in [3.05, 3.63) is 63.7 Å². The lowest BCUT2D eigenvalue weighted by molar-refractivity contribution is -0.384. The van der Waals surface area contributed by atoms with E-state index in [1.54, 1.807) is 6.07 Å². The van der Waals surface area contributed by atoms with E-state index in [9.17, 15) is 14.9 Å². The fraction of sp³-hybridized carbons (Fsp3) is 0.316. The minimum Gasteiger partial charge on any atom is -0.493 e. The molecule has 2 rings (SSSR count). The van der Waals surface area contributed by atoms with Crippen molar-refractivity contribution in [2.24, 2.45) is 0 Å². The van der Waals surface area contributed by atoms with Gasteiger partial charge < -0.3 is 10.1 Å². The molecular weight excluding hydrogens is 320 g/mol. The zero-order chi connectivity index (χ0) is 18.2. The van der Waals surface area contributed by atoms with E-state index in [0.717, 1.165) is 17.5 Å². The molecular formula is C19H22N2O4. The molecule has 0 aromatic heterocycles. The summed E-state index contributed by atoms with van der Waals surface area (Å²) < 4.78 is 5.40. The predicted molar refractivity (Wildman–Crippen MR) is 97.0 cm³/mol. The Morgan fingerprint density at radius 2 is 1.92 bits per heavy atom. The molecule has 6 heteroatoms. The third-order valence-corrected chi connectivity index (χ3v) is 3.67. The Kier molecular flexibility index (Phi) is 6.51. The number of nitrogens with one attached hydrogen (secondary N) is 1. The van der Waals surface area contributed by atoms with Gasteiger partial charge in [0.1, 0.15) is 11.4 Å². The van der Waals surface area contributed by atoms with Crippen LogP contribution in [0.3, 0.4) is 0 Å². The smallest absolute Gasteiger partial charge is 0.296 e. The number of ether oxygens (including phenoxy) is 1. The minimum atomic E-state index is -0.519. The molecule has 0 saturated carbocycles. The van der Waals surface area contributed by atoms with Gasteiger partial charge in [0.25, 0.3) is 5.69 Å². The minimum absolute atomic E-state index is 0.169. The van der Waals surface area contributed by atoms with E-state index >= 15 is 0 Å². The highest BCUT2D eigenvalue weighted by Gasteiger charge is 2.17. The highest BCUT2D eigenvalue weighted by Crippen LogP contribution is 2.29. The topological polar surface area (TPSA) is 81.5 Å². The van der Waals surface area contributed by atoms with Crippen molar-refractivity contribution in [3.8, 4) is 5.75 Å². The lowest BCUT2D eigenvalue weighted by Crippen LogP contribution is -2.13. The molecule has 0 aliphatic rings. The van der Waals surface area contributed by atoms with Crippen LogP contribution in [-0.2, 0) is 11.2 Å². The number of carbonyl (C=O) groups is 1. The van der Waals surface area contributed by atoms with Gasteiger partial charge in [0.15, 0.2) is 0 Å². The number of benzene rings is 2. The van der Waals surface area contributed by atoms with Crippen LogP contribution in [0.25, 0.3) is 0 Å². The summed E-state index contributed by atoms with van der Waals surface area (Å²) >= 11 is 0. The zero-order valence-corrected chi connectivity index (χ0v) is 14.5. The Hall–Kier alpha value is -2.89. The fourth-order valence-electron chi connectivity index (χ4n) is 2.30. The third kappa shape index (κ3) is 5.60. The molecule has 0 unspecified atom stereocenters. The Bertz CT molecular complexity index is 742. The van der Waals surface area contributed by atoms with Crippen molar-refractivity contribution < 1.29 is 14.5 Å². The molecule has 0 radical (unpaired) electrons. The van der Waals surface area contributed by atoms with Crippen LogP contribution in [0.15, 0.2) is 42.5 Å². The van der Waals surface area contributed by atoms with Crippen LogP contribution >= 0.6 is 0 Å². The molecule has 0 fully saturated rings. The predicted octanol–water partition coefficient (Wildman–Crippen LogP) is 4.26. The van der Waals surface area contributed by atoms with Gasteiger partial charge in [-0.2, -0.15) is 0 Å². The number of amides is 1. The van der Waals surface area contributed by atoms with E-state index in [-0.39, 0.29) is 23.7 Å². The number of nitrogens with zero attached hydrogens (tertiary/aromatic N) is 1. The summed E-state index contributed by atoms with van der Waals surface area (Å²) in [4.78, 5) is 22.8. The molecule has 25 heavy (non-hydrogen) atoms. The first-order valence-electron chi connectivity index (χ1n) is 8.26. The normalized spacial score (nSPS) is 10.3. The molecule has 0 saturated heterocycles. The summed E-state index contributed by atoms with van der Waals surface area (Å²) in [7, 11) is 0. The van der Waals surface area contributed by atoms with E-state index in [2.05, 4.69) is 5.32 Å². The largest absolute Gasteiger partial charge is 0.493 e. The van der Waals surface area contributed by atoms with Crippen molar-refractivity contribution >= 4 is 17.3 Å². The molecule has 0 aliphatic carbocycles. The van der Waals surface area contributed by atoms with Gasteiger partial charge in [0.2, 0.25) is 5.91 Å². The number of anilines is 1. The number of carbonyl (C=O) groups excluding carboxylic acids is 1. The first-order valence-corrected chi connectivity index (χ1v) is 8.26. The molecule has 2 aromatic carbocycles. The number of aryl methyl sites for hydroxylation is 2. The van der Waals surface area contributed by atoms with E-state index in [0.29, 0.717) is 18.8 Å². The molecule has 0 spiro atoms. The second kappa shape index (κ2) is 8.82. The van der Waals surface area contributed by atoms with Crippen LogP contribution in [0.4, 0.5) is 11.4 Å². The van der Waals surface area contributed by atoms with Gasteiger partial charge in [0.05, 0.1) is 17.6 Å². The van der Waals surface area contributed by atoms with Gasteiger partial charge >= 0.3 is 0 Å². The van der Waals surface area contributed by atoms with Crippen LogP contribution in [0.1, 0.15) is 30.9 Å². The summed E-state index contributed by atoms with van der Waals surface area (Å²) in [6.07, 6.45) is 1.65. The van der Waals surface area contributed by atoms with Gasteiger partial charge in [-0.05, 0) is 37.5 Å². The second-order valence-corrected chi connectivity index (χ2v) is 5.82. The van der Waals surface area contributed by atoms with Crippen molar-refractivity contribution in [2.75, 3.05) is 11.9 Å². The molecule has 6 nitrogen and oxygen atoms in total. The summed E-state index contributed by atoms with van der Waals surface area (Å²) in [6.45, 7) is 4.44. The first kappa shape index (κ1) is 18.4. The maximum absolute atomic E-state index is 12.1. The van der Waals surface area contributed by atoms with Gasteiger partial charge in [-0.15, -0.1) is 0 Å². The lowest BCUT2D eigenvalue weighted by atomic mass is 10.1. The summed E-state index contributed by atoms with van der Waals surface area (Å²) in [5, 5.41) is 13.9. The molecule has 1 N–H and O–H groups in total. The first-order chi connectivity index (χ1) is 12.0. The van der Waals surface area contributed by atoms with E-state index in [1.807, 2.05) is 38.1 Å². The standard InChI is InChI=1S/C19H22N2O4/c1-3-12-25-16-9-10-17(18(13-16)21(23)24)20-19(22)11-8-15-6-4-14(2)5-7-15/h4-7,9-10,13H,3,8,11-12H2,1-2H3,(H,20,22). The molecule has 0 atom stereocenters. The second-order valence-electron chi connectivity index (χ2n) is 5.82. The fourth-order valence-corrected chi connectivity index (χ4v) is 2.30. The van der Waals surface area contributed by atoms with E-state index in [4.69, 9.17) is 4.74 Å². The Morgan fingerprint density at radius 1 is 1.20 bits per heavy atom. The average Bonchev–Trinajstić information content (AvgIpc) is 2.60. The van der Waals surface area contributed by atoms with Crippen LogP contribution in [-0.4, -0.2) is 17.4 Å². The molecule has 1 amide bonds. The lowest BCUT2D eigenvalue weighted by Gasteiger charge is -2.09. The maximum atomic E-state index is 12.1. The Balaban J connectivity index is 2.01. The van der Waals surface area contributed by atoms with Crippen molar-refractivity contribution in [1.29, 1.82) is 0 Å². The Labute approximate surface area is 147 Å². The van der Waals surface area contributed by atoms with E-state index < -0.39 is 4.92 Å². The number of nitro groups is 1. The van der Waals surface area contributed by atoms with Crippen molar-refractivity contribution in [2.45, 2.75) is 33.1 Å². The molecule has 2 aromatic rings. The number of rotatable bonds is 8. The molecule has 132 valence electrons. The van der Waals surface area contributed by atoms with Crippen molar-refractivity contribution in [3.63, 3.8) is 0 Å². The highest BCUT2D eigenvalue weighted by molar-refractivity contribution is 5.93. The number of hydrogen-bond acceptors (Lipinski definition) is 4. The molecule has 0 heterocycles. The monoisotopic (exact) mass is 342 g/mol. The summed E-state index contributed by atoms with van der Waals surface area (Å²) in [6, 6.07) is 12.4. The van der Waals surface area contributed by atoms with Gasteiger partial charge in [-0.3, -0.25) is 14.9 Å². The van der Waals surface area contributed by atoms with Gasteiger partial charge in [-0.1, -0.05) is 36.8 Å². The number of hydrogen-bond donors (Lipinski definition) is 1. The average molecular weight is 342 g/mol. The van der Waals surface area contributed by atoms with Crippen LogP contribution < -0.4 is 10.1 Å². The zero-order valence-electron chi connectivity index (χ0n) is 14.5. The van der Waals surface area contributed by atoms with Gasteiger partial charge in [-0.25, -0.2) is 0 Å². The van der Waals surface area contributed by atoms with Crippen LogP contribution in [0, 0.1) is 17.0 Å².